The zero-order valence-electron chi connectivity index (χ0n) is 14.4. The van der Waals surface area contributed by atoms with Gasteiger partial charge in [0.15, 0.2) is 5.78 Å². The van der Waals surface area contributed by atoms with Crippen LogP contribution >= 0.6 is 0 Å². The topological polar surface area (TPSA) is 72.5 Å². The minimum atomic E-state index is -3.85. The molecule has 1 atom stereocenters. The summed E-state index contributed by atoms with van der Waals surface area (Å²) < 4.78 is 33.4. The number of para-hydroxylation sites is 1. The van der Waals surface area contributed by atoms with Crippen LogP contribution < -0.4 is 9.46 Å². The maximum Gasteiger partial charge on any atom is 0.241 e. The van der Waals surface area contributed by atoms with E-state index in [1.54, 1.807) is 36.4 Å². The van der Waals surface area contributed by atoms with E-state index in [4.69, 9.17) is 4.74 Å². The van der Waals surface area contributed by atoms with Crippen molar-refractivity contribution < 1.29 is 17.9 Å². The van der Waals surface area contributed by atoms with Gasteiger partial charge in [0.2, 0.25) is 10.0 Å². The van der Waals surface area contributed by atoms with Crippen molar-refractivity contribution in [2.45, 2.75) is 24.8 Å². The molecule has 0 spiro atoms. The van der Waals surface area contributed by atoms with Crippen LogP contribution in [-0.4, -0.2) is 21.3 Å². The summed E-state index contributed by atoms with van der Waals surface area (Å²) in [5, 5.41) is 0. The Balaban J connectivity index is 2.48. The number of hydrogen-bond acceptors (Lipinski definition) is 4. The van der Waals surface area contributed by atoms with Crippen LogP contribution in [0, 0.1) is 6.92 Å². The van der Waals surface area contributed by atoms with E-state index in [9.17, 15) is 13.2 Å². The van der Waals surface area contributed by atoms with E-state index in [1.165, 1.54) is 26.2 Å². The molecule has 0 aliphatic heterocycles. The Labute approximate surface area is 148 Å². The van der Waals surface area contributed by atoms with E-state index in [1.807, 2.05) is 6.92 Å². The monoisotopic (exact) mass is 359 g/mol. The van der Waals surface area contributed by atoms with Crippen LogP contribution in [0.3, 0.4) is 0 Å². The number of aryl methyl sites for hydroxylation is 1. The molecule has 25 heavy (non-hydrogen) atoms. The number of ether oxygens (including phenoxy) is 1. The zero-order chi connectivity index (χ0) is 18.6. The van der Waals surface area contributed by atoms with Crippen LogP contribution in [0.2, 0.25) is 0 Å². The van der Waals surface area contributed by atoms with E-state index in [0.29, 0.717) is 11.3 Å². The molecule has 6 heteroatoms. The van der Waals surface area contributed by atoms with Gasteiger partial charge in [-0.1, -0.05) is 42.5 Å². The molecule has 0 unspecified atom stereocenters. The first kappa shape index (κ1) is 18.9. The van der Waals surface area contributed by atoms with Gasteiger partial charge in [-0.05, 0) is 32.0 Å². The van der Waals surface area contributed by atoms with Crippen molar-refractivity contribution >= 4 is 15.8 Å². The largest absolute Gasteiger partial charge is 0.496 e. The van der Waals surface area contributed by atoms with E-state index in [0.717, 1.165) is 5.56 Å². The van der Waals surface area contributed by atoms with E-state index in [2.05, 4.69) is 11.3 Å². The lowest BCUT2D eigenvalue weighted by atomic mass is 9.97. The SMILES string of the molecule is C=C(C(C)=O)[C@@H](NS(=O)(=O)c1ccc(C)cc1)c1ccccc1OC. The van der Waals surface area contributed by atoms with E-state index >= 15 is 0 Å². The Hall–Kier alpha value is -2.44. The summed E-state index contributed by atoms with van der Waals surface area (Å²) in [5.74, 6) is 0.170. The second kappa shape index (κ2) is 7.63. The predicted molar refractivity (Wildman–Crippen MR) is 97.1 cm³/mol. The highest BCUT2D eigenvalue weighted by Crippen LogP contribution is 2.31. The third-order valence-electron chi connectivity index (χ3n) is 3.85. The summed E-state index contributed by atoms with van der Waals surface area (Å²) in [7, 11) is -2.36. The number of methoxy groups -OCH3 is 1. The molecule has 132 valence electrons. The first-order valence-electron chi connectivity index (χ1n) is 7.68. The number of carbonyl (C=O) groups excluding carboxylic acids is 1. The van der Waals surface area contributed by atoms with Crippen LogP contribution in [0.15, 0.2) is 65.6 Å². The molecule has 1 N–H and O–H groups in total. The third-order valence-corrected chi connectivity index (χ3v) is 5.29. The average molecular weight is 359 g/mol. The van der Waals surface area contributed by atoms with Crippen LogP contribution in [-0.2, 0) is 14.8 Å². The quantitative estimate of drug-likeness (QED) is 0.771. The maximum atomic E-state index is 12.7. The van der Waals surface area contributed by atoms with Gasteiger partial charge in [-0.2, -0.15) is 4.72 Å². The number of nitrogens with one attached hydrogen (secondary N) is 1. The molecule has 0 fully saturated rings. The fourth-order valence-corrected chi connectivity index (χ4v) is 3.58. The Kier molecular flexibility index (Phi) is 5.77. The highest BCUT2D eigenvalue weighted by Gasteiger charge is 2.27. The molecule has 2 rings (SSSR count). The van der Waals surface area contributed by atoms with E-state index in [-0.39, 0.29) is 16.3 Å². The highest BCUT2D eigenvalue weighted by atomic mass is 32.2. The lowest BCUT2D eigenvalue weighted by Gasteiger charge is -2.22. The summed E-state index contributed by atoms with van der Waals surface area (Å²) in [6, 6.07) is 12.5. The number of Topliss-reactive ketones (excluding diaryl/α,β-unsaturated/α-hetero) is 1. The van der Waals surface area contributed by atoms with Crippen LogP contribution in [0.25, 0.3) is 0 Å². The molecule has 0 bridgehead atoms. The summed E-state index contributed by atoms with van der Waals surface area (Å²) in [6.45, 7) is 6.99. The Morgan fingerprint density at radius 3 is 2.28 bits per heavy atom. The number of sulfonamides is 1. The lowest BCUT2D eigenvalue weighted by molar-refractivity contribution is -0.113. The van der Waals surface area contributed by atoms with Crippen molar-refractivity contribution in [3.05, 3.63) is 71.8 Å². The number of ketones is 1. The molecule has 0 saturated heterocycles. The fraction of sp³-hybridized carbons (Fsp3) is 0.211. The van der Waals surface area contributed by atoms with E-state index < -0.39 is 16.1 Å². The van der Waals surface area contributed by atoms with Crippen molar-refractivity contribution in [3.63, 3.8) is 0 Å². The Morgan fingerprint density at radius 2 is 1.72 bits per heavy atom. The predicted octanol–water partition coefficient (Wildman–Crippen LogP) is 3.17. The van der Waals surface area contributed by atoms with Gasteiger partial charge in [0, 0.05) is 11.1 Å². The summed E-state index contributed by atoms with van der Waals surface area (Å²) in [6.07, 6.45) is 0. The smallest absolute Gasteiger partial charge is 0.241 e. The van der Waals surface area contributed by atoms with Gasteiger partial charge in [0.25, 0.3) is 0 Å². The lowest BCUT2D eigenvalue weighted by Crippen LogP contribution is -2.31. The summed E-state index contributed by atoms with van der Waals surface area (Å²) in [5.41, 5.74) is 1.62. The molecule has 2 aromatic rings. The normalized spacial score (nSPS) is 12.4. The molecule has 0 aromatic heterocycles. The Morgan fingerprint density at radius 1 is 1.12 bits per heavy atom. The first-order valence-corrected chi connectivity index (χ1v) is 9.16. The van der Waals surface area contributed by atoms with Gasteiger partial charge in [-0.3, -0.25) is 4.79 Å². The summed E-state index contributed by atoms with van der Waals surface area (Å²) in [4.78, 5) is 12.0. The zero-order valence-corrected chi connectivity index (χ0v) is 15.3. The second-order valence-electron chi connectivity index (χ2n) is 5.69. The third kappa shape index (κ3) is 4.35. The molecule has 0 amide bonds. The second-order valence-corrected chi connectivity index (χ2v) is 7.40. The average Bonchev–Trinajstić information content (AvgIpc) is 2.59. The van der Waals surface area contributed by atoms with Crippen LogP contribution in [0.1, 0.15) is 24.1 Å². The molecule has 2 aromatic carbocycles. The molecule has 0 saturated carbocycles. The fourth-order valence-electron chi connectivity index (χ4n) is 2.37. The van der Waals surface area contributed by atoms with Gasteiger partial charge in [-0.25, -0.2) is 8.42 Å². The molecular weight excluding hydrogens is 338 g/mol. The van der Waals surface area contributed by atoms with Crippen molar-refractivity contribution in [2.75, 3.05) is 7.11 Å². The standard InChI is InChI=1S/C19H21NO4S/c1-13-9-11-16(12-10-13)25(22,23)20-19(14(2)15(3)21)17-7-5-6-8-18(17)24-4/h5-12,19-20H,2H2,1,3-4H3/t19-/m1/s1. The van der Waals surface area contributed by atoms with Crippen molar-refractivity contribution in [1.82, 2.24) is 4.72 Å². The van der Waals surface area contributed by atoms with Crippen LogP contribution in [0.5, 0.6) is 5.75 Å². The van der Waals surface area contributed by atoms with Gasteiger partial charge in [0.05, 0.1) is 18.0 Å². The number of hydrogen-bond donors (Lipinski definition) is 1. The molecule has 0 radical (unpaired) electrons. The molecular formula is C19H21NO4S. The van der Waals surface area contributed by atoms with Gasteiger partial charge in [0.1, 0.15) is 5.75 Å². The first-order chi connectivity index (χ1) is 11.8. The summed E-state index contributed by atoms with van der Waals surface area (Å²) >= 11 is 0. The van der Waals surface area contributed by atoms with Gasteiger partial charge < -0.3 is 4.74 Å². The Bertz CT molecular complexity index is 886. The molecule has 5 nitrogen and oxygen atoms in total. The maximum absolute atomic E-state index is 12.7. The van der Waals surface area contributed by atoms with Crippen molar-refractivity contribution in [3.8, 4) is 5.75 Å². The van der Waals surface area contributed by atoms with Crippen molar-refractivity contribution in [1.29, 1.82) is 0 Å². The minimum Gasteiger partial charge on any atom is -0.496 e. The number of carbonyl (C=O) groups is 1. The number of rotatable bonds is 7. The highest BCUT2D eigenvalue weighted by molar-refractivity contribution is 7.89. The van der Waals surface area contributed by atoms with Gasteiger partial charge >= 0.3 is 0 Å². The molecule has 0 aliphatic rings. The number of benzene rings is 2. The van der Waals surface area contributed by atoms with Crippen molar-refractivity contribution in [2.24, 2.45) is 0 Å². The molecule has 0 heterocycles. The van der Waals surface area contributed by atoms with Gasteiger partial charge in [-0.15, -0.1) is 0 Å². The van der Waals surface area contributed by atoms with Crippen LogP contribution in [0.4, 0.5) is 0 Å². The minimum absolute atomic E-state index is 0.120. The molecule has 0 aliphatic carbocycles.